The van der Waals surface area contributed by atoms with Gasteiger partial charge in [-0.05, 0) is 30.0 Å². The third-order valence-corrected chi connectivity index (χ3v) is 5.06. The Hall–Kier alpha value is -1.19. The van der Waals surface area contributed by atoms with E-state index in [1.54, 1.807) is 0 Å². The first-order valence-electron chi connectivity index (χ1n) is 9.52. The molecule has 2 rings (SSSR count). The number of ketones is 1. The van der Waals surface area contributed by atoms with Crippen LogP contribution in [0.3, 0.4) is 0 Å². The van der Waals surface area contributed by atoms with Crippen molar-refractivity contribution >= 4 is 5.78 Å². The van der Waals surface area contributed by atoms with Crippen LogP contribution in [0.15, 0.2) is 24.3 Å². The molecule has 0 N–H and O–H groups in total. The molecule has 0 aromatic heterocycles. The van der Waals surface area contributed by atoms with Crippen molar-refractivity contribution in [2.45, 2.75) is 53.0 Å². The molecule has 0 aliphatic carbocycles. The van der Waals surface area contributed by atoms with Gasteiger partial charge in [0, 0.05) is 45.1 Å². The van der Waals surface area contributed by atoms with Gasteiger partial charge in [-0.3, -0.25) is 9.69 Å². The maximum absolute atomic E-state index is 11.7. The normalized spacial score (nSPS) is 16.9. The standard InChI is InChI=1S/C21H34N2O/c1-17(2)20-9-7-19(8-10-20)16-23-14-12-22(13-15-23)11-5-6-21(24)18(3)4/h7-10,17-18H,5-6,11-16H2,1-4H3. The van der Waals surface area contributed by atoms with E-state index in [2.05, 4.69) is 47.9 Å². The third kappa shape index (κ3) is 6.03. The Balaban J connectivity index is 1.68. The molecule has 24 heavy (non-hydrogen) atoms. The highest BCUT2D eigenvalue weighted by Crippen LogP contribution is 2.16. The molecule has 0 unspecified atom stereocenters. The summed E-state index contributed by atoms with van der Waals surface area (Å²) < 4.78 is 0. The van der Waals surface area contributed by atoms with Crippen LogP contribution in [0.5, 0.6) is 0 Å². The number of hydrogen-bond donors (Lipinski definition) is 0. The fourth-order valence-corrected chi connectivity index (χ4v) is 3.20. The summed E-state index contributed by atoms with van der Waals surface area (Å²) >= 11 is 0. The van der Waals surface area contributed by atoms with Crippen molar-refractivity contribution in [3.05, 3.63) is 35.4 Å². The molecule has 0 spiro atoms. The number of hydrogen-bond acceptors (Lipinski definition) is 3. The van der Waals surface area contributed by atoms with Gasteiger partial charge in [-0.2, -0.15) is 0 Å². The SMILES string of the molecule is CC(C)C(=O)CCCN1CCN(Cc2ccc(C(C)C)cc2)CC1. The second-order valence-corrected chi connectivity index (χ2v) is 7.74. The number of nitrogens with zero attached hydrogens (tertiary/aromatic N) is 2. The first-order chi connectivity index (χ1) is 11.5. The molecule has 0 saturated carbocycles. The summed E-state index contributed by atoms with van der Waals surface area (Å²) in [6, 6.07) is 9.09. The van der Waals surface area contributed by atoms with Crippen LogP contribution in [0.2, 0.25) is 0 Å². The van der Waals surface area contributed by atoms with Crippen LogP contribution < -0.4 is 0 Å². The van der Waals surface area contributed by atoms with Crippen molar-refractivity contribution in [2.75, 3.05) is 32.7 Å². The van der Waals surface area contributed by atoms with Crippen LogP contribution in [-0.2, 0) is 11.3 Å². The van der Waals surface area contributed by atoms with Gasteiger partial charge in [0.2, 0.25) is 0 Å². The molecule has 1 saturated heterocycles. The van der Waals surface area contributed by atoms with Gasteiger partial charge in [-0.25, -0.2) is 0 Å². The molecular weight excluding hydrogens is 296 g/mol. The molecule has 0 radical (unpaired) electrons. The average Bonchev–Trinajstić information content (AvgIpc) is 2.56. The van der Waals surface area contributed by atoms with Crippen LogP contribution in [-0.4, -0.2) is 48.3 Å². The van der Waals surface area contributed by atoms with E-state index in [0.717, 1.165) is 52.1 Å². The molecule has 134 valence electrons. The molecule has 1 aliphatic rings. The molecule has 3 nitrogen and oxygen atoms in total. The summed E-state index contributed by atoms with van der Waals surface area (Å²) in [4.78, 5) is 16.7. The van der Waals surface area contributed by atoms with Gasteiger partial charge in [0.05, 0.1) is 0 Å². The summed E-state index contributed by atoms with van der Waals surface area (Å²) in [6.45, 7) is 15.1. The lowest BCUT2D eigenvalue weighted by atomic mass is 10.0. The second-order valence-electron chi connectivity index (χ2n) is 7.74. The van der Waals surface area contributed by atoms with E-state index in [0.29, 0.717) is 11.7 Å². The summed E-state index contributed by atoms with van der Waals surface area (Å²) in [7, 11) is 0. The quantitative estimate of drug-likeness (QED) is 0.721. The van der Waals surface area contributed by atoms with Crippen molar-refractivity contribution in [1.82, 2.24) is 9.80 Å². The Bertz CT molecular complexity index is 499. The van der Waals surface area contributed by atoms with Crippen molar-refractivity contribution in [3.63, 3.8) is 0 Å². The van der Waals surface area contributed by atoms with Crippen molar-refractivity contribution < 1.29 is 4.79 Å². The van der Waals surface area contributed by atoms with E-state index >= 15 is 0 Å². The Kier molecular flexibility index (Phi) is 7.44. The number of carbonyl (C=O) groups is 1. The van der Waals surface area contributed by atoms with Gasteiger partial charge in [-0.1, -0.05) is 52.0 Å². The lowest BCUT2D eigenvalue weighted by Gasteiger charge is -2.34. The zero-order valence-electron chi connectivity index (χ0n) is 15.9. The van der Waals surface area contributed by atoms with Crippen LogP contribution in [0.4, 0.5) is 0 Å². The highest BCUT2D eigenvalue weighted by Gasteiger charge is 2.17. The van der Waals surface area contributed by atoms with Crippen LogP contribution >= 0.6 is 0 Å². The molecule has 1 fully saturated rings. The maximum atomic E-state index is 11.7. The van der Waals surface area contributed by atoms with Gasteiger partial charge < -0.3 is 4.90 Å². The minimum absolute atomic E-state index is 0.184. The predicted octanol–water partition coefficient (Wildman–Crippen LogP) is 3.93. The highest BCUT2D eigenvalue weighted by atomic mass is 16.1. The predicted molar refractivity (Wildman–Crippen MR) is 101 cm³/mol. The molecule has 3 heteroatoms. The number of rotatable bonds is 8. The van der Waals surface area contributed by atoms with Gasteiger partial charge in [0.25, 0.3) is 0 Å². The Morgan fingerprint density at radius 3 is 2.08 bits per heavy atom. The number of carbonyl (C=O) groups excluding carboxylic acids is 1. The van der Waals surface area contributed by atoms with E-state index < -0.39 is 0 Å². The minimum Gasteiger partial charge on any atom is -0.301 e. The van der Waals surface area contributed by atoms with Crippen LogP contribution in [0, 0.1) is 5.92 Å². The fraction of sp³-hybridized carbons (Fsp3) is 0.667. The van der Waals surface area contributed by atoms with Crippen LogP contribution in [0.1, 0.15) is 57.6 Å². The lowest BCUT2D eigenvalue weighted by Crippen LogP contribution is -2.46. The fourth-order valence-electron chi connectivity index (χ4n) is 3.20. The minimum atomic E-state index is 0.184. The molecule has 1 aromatic rings. The van der Waals surface area contributed by atoms with E-state index in [-0.39, 0.29) is 5.92 Å². The van der Waals surface area contributed by atoms with Gasteiger partial charge in [0.1, 0.15) is 5.78 Å². The Morgan fingerprint density at radius 1 is 0.958 bits per heavy atom. The molecule has 0 amide bonds. The number of piperazine rings is 1. The first-order valence-corrected chi connectivity index (χ1v) is 9.52. The Morgan fingerprint density at radius 2 is 1.54 bits per heavy atom. The smallest absolute Gasteiger partial charge is 0.135 e. The van der Waals surface area contributed by atoms with Crippen molar-refractivity contribution in [3.8, 4) is 0 Å². The summed E-state index contributed by atoms with van der Waals surface area (Å²) in [6.07, 6.45) is 1.74. The van der Waals surface area contributed by atoms with Crippen LogP contribution in [0.25, 0.3) is 0 Å². The molecular formula is C21H34N2O. The largest absolute Gasteiger partial charge is 0.301 e. The third-order valence-electron chi connectivity index (χ3n) is 5.06. The molecule has 0 atom stereocenters. The van der Waals surface area contributed by atoms with Crippen molar-refractivity contribution in [1.29, 1.82) is 0 Å². The van der Waals surface area contributed by atoms with E-state index in [1.807, 2.05) is 13.8 Å². The molecule has 1 heterocycles. The maximum Gasteiger partial charge on any atom is 0.135 e. The van der Waals surface area contributed by atoms with E-state index in [9.17, 15) is 4.79 Å². The second kappa shape index (κ2) is 9.33. The average molecular weight is 331 g/mol. The monoisotopic (exact) mass is 330 g/mol. The lowest BCUT2D eigenvalue weighted by molar-refractivity contribution is -0.122. The van der Waals surface area contributed by atoms with Gasteiger partial charge in [-0.15, -0.1) is 0 Å². The molecule has 1 aliphatic heterocycles. The first kappa shape index (κ1) is 19.1. The van der Waals surface area contributed by atoms with Gasteiger partial charge in [0.15, 0.2) is 0 Å². The van der Waals surface area contributed by atoms with Crippen molar-refractivity contribution in [2.24, 2.45) is 5.92 Å². The molecule has 1 aromatic carbocycles. The topological polar surface area (TPSA) is 23.6 Å². The van der Waals surface area contributed by atoms with E-state index in [1.165, 1.54) is 11.1 Å². The summed E-state index contributed by atoms with van der Waals surface area (Å²) in [5.74, 6) is 1.19. The highest BCUT2D eigenvalue weighted by molar-refractivity contribution is 5.80. The molecule has 0 bridgehead atoms. The summed E-state index contributed by atoms with van der Waals surface area (Å²) in [5.41, 5.74) is 2.83. The number of benzene rings is 1. The Labute approximate surface area is 148 Å². The summed E-state index contributed by atoms with van der Waals surface area (Å²) in [5, 5.41) is 0. The zero-order chi connectivity index (χ0) is 17.5. The number of Topliss-reactive ketones (excluding diaryl/α,β-unsaturated/α-hetero) is 1. The zero-order valence-corrected chi connectivity index (χ0v) is 15.9. The van der Waals surface area contributed by atoms with E-state index in [4.69, 9.17) is 0 Å². The van der Waals surface area contributed by atoms with Gasteiger partial charge >= 0.3 is 0 Å².